The minimum absolute atomic E-state index is 0.123. The van der Waals surface area contributed by atoms with Gasteiger partial charge in [-0.25, -0.2) is 9.67 Å². The standard InChI is InChI=1S/C22H24N8O3/c1-13(12-31)30-20(26-27-28-30)17-3-2-4-19(24-17)25-21(32)18-9-16-11-29(22(33)14-5-6-14)8-7-15(16)10-23-18/h2-4,9-10,13-14,31H,5-8,11-12H2,1H3,(H,24,25,32)/t13-/m1/s1. The van der Waals surface area contributed by atoms with E-state index in [2.05, 4.69) is 30.8 Å². The van der Waals surface area contributed by atoms with E-state index in [4.69, 9.17) is 0 Å². The fraction of sp³-hybridized carbons (Fsp3) is 0.409. The number of tetrazole rings is 1. The number of anilines is 1. The largest absolute Gasteiger partial charge is 0.394 e. The van der Waals surface area contributed by atoms with Gasteiger partial charge in [0.25, 0.3) is 5.91 Å². The molecule has 0 radical (unpaired) electrons. The summed E-state index contributed by atoms with van der Waals surface area (Å²) in [6.45, 7) is 2.86. The van der Waals surface area contributed by atoms with Gasteiger partial charge in [-0.3, -0.25) is 14.6 Å². The molecule has 170 valence electrons. The molecule has 2 amide bonds. The zero-order chi connectivity index (χ0) is 22.9. The van der Waals surface area contributed by atoms with Crippen LogP contribution in [0.1, 0.15) is 47.4 Å². The van der Waals surface area contributed by atoms with Crippen molar-refractivity contribution in [2.75, 3.05) is 18.5 Å². The first kappa shape index (κ1) is 21.1. The van der Waals surface area contributed by atoms with Crippen molar-refractivity contribution in [3.05, 3.63) is 47.3 Å². The predicted molar refractivity (Wildman–Crippen MR) is 117 cm³/mol. The molecule has 0 aromatic carbocycles. The molecule has 3 aromatic heterocycles. The van der Waals surface area contributed by atoms with E-state index in [0.717, 1.165) is 30.4 Å². The maximum absolute atomic E-state index is 12.9. The Kier molecular flexibility index (Phi) is 5.55. The van der Waals surface area contributed by atoms with E-state index < -0.39 is 5.91 Å². The first-order valence-electron chi connectivity index (χ1n) is 11.0. The number of pyridine rings is 2. The van der Waals surface area contributed by atoms with Crippen molar-refractivity contribution in [1.29, 1.82) is 0 Å². The number of fused-ring (bicyclic) bond motifs is 1. The Morgan fingerprint density at radius 1 is 1.27 bits per heavy atom. The van der Waals surface area contributed by atoms with Gasteiger partial charge in [0.2, 0.25) is 11.7 Å². The van der Waals surface area contributed by atoms with Crippen molar-refractivity contribution in [3.63, 3.8) is 0 Å². The molecular formula is C22H24N8O3. The topological polar surface area (TPSA) is 139 Å². The summed E-state index contributed by atoms with van der Waals surface area (Å²) in [5.74, 6) is 0.711. The third-order valence-electron chi connectivity index (χ3n) is 5.96. The van der Waals surface area contributed by atoms with E-state index in [-0.39, 0.29) is 30.2 Å². The summed E-state index contributed by atoms with van der Waals surface area (Å²) in [6.07, 6.45) is 4.41. The van der Waals surface area contributed by atoms with Gasteiger partial charge in [0, 0.05) is 25.2 Å². The number of aliphatic hydroxyl groups excluding tert-OH is 1. The molecule has 2 N–H and O–H groups in total. The fourth-order valence-electron chi connectivity index (χ4n) is 3.88. The van der Waals surface area contributed by atoms with Crippen LogP contribution in [0.15, 0.2) is 30.5 Å². The number of aromatic nitrogens is 6. The Morgan fingerprint density at radius 3 is 2.91 bits per heavy atom. The second-order valence-corrected chi connectivity index (χ2v) is 8.46. The van der Waals surface area contributed by atoms with Gasteiger partial charge < -0.3 is 15.3 Å². The van der Waals surface area contributed by atoms with Crippen LogP contribution in [0.5, 0.6) is 0 Å². The predicted octanol–water partition coefficient (Wildman–Crippen LogP) is 1.23. The molecule has 11 heteroatoms. The average molecular weight is 448 g/mol. The summed E-state index contributed by atoms with van der Waals surface area (Å²) in [6, 6.07) is 6.57. The van der Waals surface area contributed by atoms with E-state index in [1.807, 2.05) is 4.90 Å². The van der Waals surface area contributed by atoms with Crippen LogP contribution in [0.3, 0.4) is 0 Å². The molecule has 0 saturated heterocycles. The van der Waals surface area contributed by atoms with Gasteiger partial charge in [0.1, 0.15) is 17.2 Å². The van der Waals surface area contributed by atoms with Gasteiger partial charge in [-0.05, 0) is 65.9 Å². The first-order valence-corrected chi connectivity index (χ1v) is 11.0. The molecule has 1 saturated carbocycles. The SMILES string of the molecule is C[C@H](CO)n1nnnc1-c1cccc(NC(=O)c2cc3c(cn2)CCN(C(=O)C2CC2)C3)n1. The lowest BCUT2D eigenvalue weighted by molar-refractivity contribution is -0.133. The Bertz CT molecular complexity index is 1210. The highest BCUT2D eigenvalue weighted by Crippen LogP contribution is 2.32. The Balaban J connectivity index is 1.33. The molecule has 0 bridgehead atoms. The van der Waals surface area contributed by atoms with Crippen LogP contribution in [0.2, 0.25) is 0 Å². The third kappa shape index (κ3) is 4.31. The van der Waals surface area contributed by atoms with E-state index in [0.29, 0.717) is 30.4 Å². The highest BCUT2D eigenvalue weighted by Gasteiger charge is 2.34. The summed E-state index contributed by atoms with van der Waals surface area (Å²) in [5.41, 5.74) is 2.75. The van der Waals surface area contributed by atoms with Crippen molar-refractivity contribution in [2.45, 2.75) is 38.8 Å². The second-order valence-electron chi connectivity index (χ2n) is 8.46. The fourth-order valence-corrected chi connectivity index (χ4v) is 3.88. The maximum Gasteiger partial charge on any atom is 0.275 e. The minimum Gasteiger partial charge on any atom is -0.394 e. The molecular weight excluding hydrogens is 424 g/mol. The number of carbonyl (C=O) groups is 2. The van der Waals surface area contributed by atoms with Crippen LogP contribution >= 0.6 is 0 Å². The van der Waals surface area contributed by atoms with Gasteiger partial charge in [-0.15, -0.1) is 5.10 Å². The van der Waals surface area contributed by atoms with E-state index >= 15 is 0 Å². The van der Waals surface area contributed by atoms with Crippen LogP contribution in [-0.4, -0.2) is 65.1 Å². The van der Waals surface area contributed by atoms with Crippen LogP contribution in [-0.2, 0) is 17.8 Å². The summed E-state index contributed by atoms with van der Waals surface area (Å²) in [4.78, 5) is 36.0. The number of nitrogens with one attached hydrogen (secondary N) is 1. The number of carbonyl (C=O) groups excluding carboxylic acids is 2. The lowest BCUT2D eigenvalue weighted by Crippen LogP contribution is -2.37. The number of hydrogen-bond donors (Lipinski definition) is 2. The normalized spacial score (nSPS) is 16.2. The molecule has 0 spiro atoms. The van der Waals surface area contributed by atoms with E-state index in [9.17, 15) is 14.7 Å². The molecule has 0 unspecified atom stereocenters. The van der Waals surface area contributed by atoms with Gasteiger partial charge in [-0.2, -0.15) is 0 Å². The van der Waals surface area contributed by atoms with Crippen molar-refractivity contribution >= 4 is 17.6 Å². The van der Waals surface area contributed by atoms with Gasteiger partial charge in [-0.1, -0.05) is 6.07 Å². The maximum atomic E-state index is 12.9. The summed E-state index contributed by atoms with van der Waals surface area (Å²) < 4.78 is 1.48. The van der Waals surface area contributed by atoms with Crippen molar-refractivity contribution < 1.29 is 14.7 Å². The average Bonchev–Trinajstić information content (AvgIpc) is 3.58. The van der Waals surface area contributed by atoms with E-state index in [1.165, 1.54) is 4.68 Å². The number of hydrogen-bond acceptors (Lipinski definition) is 8. The quantitative estimate of drug-likeness (QED) is 0.574. The molecule has 33 heavy (non-hydrogen) atoms. The Morgan fingerprint density at radius 2 is 2.12 bits per heavy atom. The molecule has 1 fully saturated rings. The second kappa shape index (κ2) is 8.66. The van der Waals surface area contributed by atoms with E-state index in [1.54, 1.807) is 37.4 Å². The number of aliphatic hydroxyl groups is 1. The Hall–Kier alpha value is -3.73. The number of nitrogens with zero attached hydrogens (tertiary/aromatic N) is 7. The van der Waals surface area contributed by atoms with Crippen molar-refractivity contribution in [1.82, 2.24) is 35.1 Å². The summed E-state index contributed by atoms with van der Waals surface area (Å²) in [7, 11) is 0. The highest BCUT2D eigenvalue weighted by molar-refractivity contribution is 6.02. The molecule has 1 atom stereocenters. The lowest BCUT2D eigenvalue weighted by Gasteiger charge is -2.29. The minimum atomic E-state index is -0.392. The highest BCUT2D eigenvalue weighted by atomic mass is 16.3. The molecule has 1 aliphatic heterocycles. The third-order valence-corrected chi connectivity index (χ3v) is 5.96. The lowest BCUT2D eigenvalue weighted by atomic mass is 10.0. The van der Waals surface area contributed by atoms with Gasteiger partial charge in [0.15, 0.2) is 0 Å². The van der Waals surface area contributed by atoms with Crippen molar-refractivity contribution in [3.8, 4) is 11.5 Å². The smallest absolute Gasteiger partial charge is 0.275 e. The molecule has 11 nitrogen and oxygen atoms in total. The monoisotopic (exact) mass is 448 g/mol. The summed E-state index contributed by atoms with van der Waals surface area (Å²) in [5, 5.41) is 23.8. The van der Waals surface area contributed by atoms with Crippen LogP contribution in [0, 0.1) is 5.92 Å². The molecule has 2 aliphatic rings. The Labute approximate surface area is 189 Å². The molecule has 3 aromatic rings. The molecule has 5 rings (SSSR count). The number of amides is 2. The zero-order valence-corrected chi connectivity index (χ0v) is 18.2. The van der Waals surface area contributed by atoms with Crippen LogP contribution in [0.25, 0.3) is 11.5 Å². The van der Waals surface area contributed by atoms with Gasteiger partial charge >= 0.3 is 0 Å². The van der Waals surface area contributed by atoms with Crippen LogP contribution in [0.4, 0.5) is 5.82 Å². The zero-order valence-electron chi connectivity index (χ0n) is 18.2. The van der Waals surface area contributed by atoms with Crippen LogP contribution < -0.4 is 5.32 Å². The number of rotatable bonds is 6. The van der Waals surface area contributed by atoms with Gasteiger partial charge in [0.05, 0.1) is 12.6 Å². The first-order chi connectivity index (χ1) is 16.0. The molecule has 1 aliphatic carbocycles. The molecule has 4 heterocycles. The van der Waals surface area contributed by atoms with Crippen molar-refractivity contribution in [2.24, 2.45) is 5.92 Å². The summed E-state index contributed by atoms with van der Waals surface area (Å²) >= 11 is 0.